The second-order valence-corrected chi connectivity index (χ2v) is 7.75. The van der Waals surface area contributed by atoms with Gasteiger partial charge in [0.15, 0.2) is 23.9 Å². The highest BCUT2D eigenvalue weighted by Gasteiger charge is 2.28. The summed E-state index contributed by atoms with van der Waals surface area (Å²) in [6.45, 7) is 3.12. The molecule has 0 aliphatic rings. The average molecular weight is 397 g/mol. The number of aromatic nitrogens is 1. The van der Waals surface area contributed by atoms with Crippen molar-refractivity contribution < 1.29 is 27.2 Å². The van der Waals surface area contributed by atoms with E-state index in [1.165, 1.54) is 21.1 Å². The van der Waals surface area contributed by atoms with Crippen LogP contribution in [0.3, 0.4) is 0 Å². The number of methoxy groups -OCH3 is 1. The summed E-state index contributed by atoms with van der Waals surface area (Å²) in [4.78, 5) is 12.0. The fourth-order valence-corrected chi connectivity index (χ4v) is 3.86. The zero-order valence-corrected chi connectivity index (χ0v) is 16.5. The van der Waals surface area contributed by atoms with Gasteiger partial charge in [0.25, 0.3) is 5.91 Å². The van der Waals surface area contributed by atoms with Crippen LogP contribution in [0.4, 0.5) is 0 Å². The van der Waals surface area contributed by atoms with Crippen molar-refractivity contribution >= 4 is 15.9 Å². The van der Waals surface area contributed by atoms with Gasteiger partial charge in [0.2, 0.25) is 10.0 Å². The minimum Gasteiger partial charge on any atom is -0.493 e. The molecule has 1 aromatic heterocycles. The first-order chi connectivity index (χ1) is 12.8. The molecule has 0 bridgehead atoms. The Balaban J connectivity index is 1.84. The number of amides is 1. The van der Waals surface area contributed by atoms with Crippen molar-refractivity contribution in [2.24, 2.45) is 0 Å². The second kappa shape index (κ2) is 8.87. The van der Waals surface area contributed by atoms with Gasteiger partial charge in [-0.1, -0.05) is 17.3 Å². The van der Waals surface area contributed by atoms with Gasteiger partial charge in [-0.3, -0.25) is 4.79 Å². The zero-order valence-electron chi connectivity index (χ0n) is 15.7. The molecule has 27 heavy (non-hydrogen) atoms. The number of rotatable bonds is 9. The van der Waals surface area contributed by atoms with E-state index in [4.69, 9.17) is 14.0 Å². The largest absolute Gasteiger partial charge is 0.493 e. The van der Waals surface area contributed by atoms with E-state index in [2.05, 4.69) is 10.5 Å². The SMILES string of the molecule is COc1ccccc1OCC(=O)NCCN(C)S(=O)(=O)c1c(C)noc1C. The number of ether oxygens (including phenoxy) is 2. The lowest BCUT2D eigenvalue weighted by Crippen LogP contribution is -2.38. The maximum atomic E-state index is 12.6. The number of hydrogen-bond donors (Lipinski definition) is 1. The van der Waals surface area contributed by atoms with Crippen LogP contribution in [-0.4, -0.2) is 57.6 Å². The molecule has 0 saturated heterocycles. The summed E-state index contributed by atoms with van der Waals surface area (Å²) in [5, 5.41) is 6.28. The molecule has 9 nitrogen and oxygen atoms in total. The summed E-state index contributed by atoms with van der Waals surface area (Å²) in [7, 11) is -0.801. The summed E-state index contributed by atoms with van der Waals surface area (Å²) in [5.74, 6) is 0.835. The Morgan fingerprint density at radius 2 is 1.93 bits per heavy atom. The predicted molar refractivity (Wildman–Crippen MR) is 97.3 cm³/mol. The fourth-order valence-electron chi connectivity index (χ4n) is 2.40. The van der Waals surface area contributed by atoms with Gasteiger partial charge in [-0.15, -0.1) is 0 Å². The number of carbonyl (C=O) groups is 1. The molecule has 0 aliphatic heterocycles. The van der Waals surface area contributed by atoms with Gasteiger partial charge in [-0.2, -0.15) is 4.31 Å². The van der Waals surface area contributed by atoms with E-state index in [1.54, 1.807) is 31.2 Å². The minimum atomic E-state index is -3.74. The first kappa shape index (κ1) is 20.7. The maximum Gasteiger partial charge on any atom is 0.257 e. The lowest BCUT2D eigenvalue weighted by Gasteiger charge is -2.17. The quantitative estimate of drug-likeness (QED) is 0.675. The predicted octanol–water partition coefficient (Wildman–Crippen LogP) is 1.12. The van der Waals surface area contributed by atoms with E-state index in [0.29, 0.717) is 17.2 Å². The van der Waals surface area contributed by atoms with Gasteiger partial charge in [0.05, 0.1) is 7.11 Å². The molecular formula is C17H23N3O6S. The van der Waals surface area contributed by atoms with E-state index in [9.17, 15) is 13.2 Å². The summed E-state index contributed by atoms with van der Waals surface area (Å²) in [6, 6.07) is 6.98. The highest BCUT2D eigenvalue weighted by molar-refractivity contribution is 7.89. The smallest absolute Gasteiger partial charge is 0.257 e. The first-order valence-electron chi connectivity index (χ1n) is 8.19. The lowest BCUT2D eigenvalue weighted by molar-refractivity contribution is -0.123. The number of nitrogens with zero attached hydrogens (tertiary/aromatic N) is 2. The Morgan fingerprint density at radius 3 is 2.52 bits per heavy atom. The van der Waals surface area contributed by atoms with Gasteiger partial charge < -0.3 is 19.3 Å². The number of para-hydroxylation sites is 2. The number of aryl methyl sites for hydroxylation is 2. The summed E-state index contributed by atoms with van der Waals surface area (Å²) >= 11 is 0. The monoisotopic (exact) mass is 397 g/mol. The number of benzene rings is 1. The lowest BCUT2D eigenvalue weighted by atomic mass is 10.3. The Morgan fingerprint density at radius 1 is 1.26 bits per heavy atom. The third-order valence-electron chi connectivity index (χ3n) is 3.81. The molecule has 0 spiro atoms. The number of sulfonamides is 1. The zero-order chi connectivity index (χ0) is 20.0. The van der Waals surface area contributed by atoms with E-state index < -0.39 is 10.0 Å². The van der Waals surface area contributed by atoms with Crippen LogP contribution in [0.1, 0.15) is 11.5 Å². The molecule has 2 rings (SSSR count). The van der Waals surface area contributed by atoms with E-state index >= 15 is 0 Å². The summed E-state index contributed by atoms with van der Waals surface area (Å²) < 4.78 is 41.7. The summed E-state index contributed by atoms with van der Waals surface area (Å²) in [6.07, 6.45) is 0. The van der Waals surface area contributed by atoms with Crippen LogP contribution in [0.25, 0.3) is 0 Å². The number of nitrogens with one attached hydrogen (secondary N) is 1. The van der Waals surface area contributed by atoms with Crippen molar-refractivity contribution in [2.45, 2.75) is 18.7 Å². The fraction of sp³-hybridized carbons (Fsp3) is 0.412. The van der Waals surface area contributed by atoms with Crippen molar-refractivity contribution in [3.8, 4) is 11.5 Å². The van der Waals surface area contributed by atoms with E-state index in [1.807, 2.05) is 0 Å². The van der Waals surface area contributed by atoms with E-state index in [-0.39, 0.29) is 36.3 Å². The Kier molecular flexibility index (Phi) is 6.81. The van der Waals surface area contributed by atoms with Gasteiger partial charge in [-0.25, -0.2) is 8.42 Å². The third-order valence-corrected chi connectivity index (χ3v) is 5.91. The highest BCUT2D eigenvalue weighted by Crippen LogP contribution is 2.25. The number of likely N-dealkylation sites (N-methyl/N-ethyl adjacent to an activating group) is 1. The molecule has 1 heterocycles. The topological polar surface area (TPSA) is 111 Å². The van der Waals surface area contributed by atoms with Crippen molar-refractivity contribution in [3.05, 3.63) is 35.7 Å². The molecule has 0 radical (unpaired) electrons. The van der Waals surface area contributed by atoms with Crippen molar-refractivity contribution in [1.29, 1.82) is 0 Å². The Bertz CT molecular complexity index is 874. The summed E-state index contributed by atoms with van der Waals surface area (Å²) in [5.41, 5.74) is 0.300. The van der Waals surface area contributed by atoms with Gasteiger partial charge in [-0.05, 0) is 26.0 Å². The van der Waals surface area contributed by atoms with Crippen molar-refractivity contribution in [2.75, 3.05) is 33.9 Å². The van der Waals surface area contributed by atoms with Crippen LogP contribution >= 0.6 is 0 Å². The molecule has 0 aliphatic carbocycles. The molecule has 1 N–H and O–H groups in total. The van der Waals surface area contributed by atoms with Crippen LogP contribution in [0, 0.1) is 13.8 Å². The Labute approximate surface area is 158 Å². The maximum absolute atomic E-state index is 12.6. The average Bonchev–Trinajstić information content (AvgIpc) is 2.99. The van der Waals surface area contributed by atoms with Crippen molar-refractivity contribution in [1.82, 2.24) is 14.8 Å². The molecular weight excluding hydrogens is 374 g/mol. The Hall–Kier alpha value is -2.59. The molecule has 0 saturated carbocycles. The molecule has 0 fully saturated rings. The molecule has 2 aromatic rings. The molecule has 10 heteroatoms. The van der Waals surface area contributed by atoms with Crippen molar-refractivity contribution in [3.63, 3.8) is 0 Å². The van der Waals surface area contributed by atoms with Crippen LogP contribution in [0.2, 0.25) is 0 Å². The molecule has 0 unspecified atom stereocenters. The standard InChI is InChI=1S/C17H23N3O6S/c1-12-17(13(2)26-19-12)27(22,23)20(3)10-9-18-16(21)11-25-15-8-6-5-7-14(15)24-4/h5-8H,9-11H2,1-4H3,(H,18,21). The van der Waals surface area contributed by atoms with Gasteiger partial charge >= 0.3 is 0 Å². The van der Waals surface area contributed by atoms with Crippen LogP contribution < -0.4 is 14.8 Å². The normalized spacial score (nSPS) is 11.4. The molecule has 1 aromatic carbocycles. The molecule has 1 amide bonds. The highest BCUT2D eigenvalue weighted by atomic mass is 32.2. The van der Waals surface area contributed by atoms with Crippen LogP contribution in [0.5, 0.6) is 11.5 Å². The van der Waals surface area contributed by atoms with Gasteiger partial charge in [0, 0.05) is 20.1 Å². The molecule has 0 atom stereocenters. The number of carbonyl (C=O) groups excluding carboxylic acids is 1. The first-order valence-corrected chi connectivity index (χ1v) is 9.63. The third kappa shape index (κ3) is 4.98. The number of hydrogen-bond acceptors (Lipinski definition) is 7. The molecule has 148 valence electrons. The van der Waals surface area contributed by atoms with Crippen LogP contribution in [-0.2, 0) is 14.8 Å². The van der Waals surface area contributed by atoms with E-state index in [0.717, 1.165) is 4.31 Å². The van der Waals surface area contributed by atoms with Crippen LogP contribution in [0.15, 0.2) is 33.7 Å². The second-order valence-electron chi connectivity index (χ2n) is 5.77. The van der Waals surface area contributed by atoms with Gasteiger partial charge in [0.1, 0.15) is 10.6 Å². The minimum absolute atomic E-state index is 0.0517.